The number of alkyl halides is 3. The summed E-state index contributed by atoms with van der Waals surface area (Å²) in [6.45, 7) is 0.0195. The van der Waals surface area contributed by atoms with Gasteiger partial charge in [-0.15, -0.1) is 11.8 Å². The number of hydrogen-bond donors (Lipinski definition) is 2. The van der Waals surface area contributed by atoms with Crippen LogP contribution < -0.4 is 5.32 Å². The van der Waals surface area contributed by atoms with Gasteiger partial charge in [-0.05, 0) is 6.42 Å². The second-order valence-electron chi connectivity index (χ2n) is 3.85. The Morgan fingerprint density at radius 1 is 1.47 bits per heavy atom. The van der Waals surface area contributed by atoms with Crippen LogP contribution in [0.4, 0.5) is 13.2 Å². The summed E-state index contributed by atoms with van der Waals surface area (Å²) in [7, 11) is 0. The van der Waals surface area contributed by atoms with Crippen LogP contribution in [0.2, 0.25) is 0 Å². The Balaban J connectivity index is 2.16. The summed E-state index contributed by atoms with van der Waals surface area (Å²) in [5, 5.41) is 11.5. The lowest BCUT2D eigenvalue weighted by Crippen LogP contribution is -2.34. The number of carbonyl (C=O) groups excluding carboxylic acids is 1. The van der Waals surface area contributed by atoms with Gasteiger partial charge in [-0.3, -0.25) is 4.79 Å². The lowest BCUT2D eigenvalue weighted by Gasteiger charge is -2.12. The minimum atomic E-state index is -4.24. The molecule has 2 atom stereocenters. The van der Waals surface area contributed by atoms with Crippen molar-refractivity contribution in [1.82, 2.24) is 5.32 Å². The van der Waals surface area contributed by atoms with E-state index < -0.39 is 17.8 Å². The number of nitrogens with one attached hydrogen (secondary N) is 1. The fourth-order valence-electron chi connectivity index (χ4n) is 1.52. The molecule has 0 aromatic rings. The standard InChI is InChI=1S/C10H14F3NO2S/c11-10(12,13)6-17-5-9(16)14-8-2-1-7(3-8)4-15/h1-2,7-8,15H,3-6H2,(H,14,16)/t7-,8+/m0/s1. The molecule has 0 aromatic carbocycles. The molecular formula is C10H14F3NO2S. The van der Waals surface area contributed by atoms with Crippen LogP contribution >= 0.6 is 11.8 Å². The minimum absolute atomic E-state index is 0.0195. The summed E-state index contributed by atoms with van der Waals surface area (Å²) in [5.74, 6) is -1.59. The van der Waals surface area contributed by atoms with Gasteiger partial charge in [0.25, 0.3) is 0 Å². The molecule has 2 N–H and O–H groups in total. The molecule has 0 aromatic heterocycles. The van der Waals surface area contributed by atoms with Gasteiger partial charge in [0.05, 0.1) is 11.5 Å². The zero-order valence-electron chi connectivity index (χ0n) is 9.04. The van der Waals surface area contributed by atoms with Crippen molar-refractivity contribution in [1.29, 1.82) is 0 Å². The molecule has 0 heterocycles. The van der Waals surface area contributed by atoms with Crippen LogP contribution in [0.3, 0.4) is 0 Å². The number of carbonyl (C=O) groups is 1. The van der Waals surface area contributed by atoms with E-state index in [0.29, 0.717) is 18.2 Å². The molecule has 1 aliphatic rings. The average Bonchev–Trinajstić information content (AvgIpc) is 2.63. The van der Waals surface area contributed by atoms with E-state index in [0.717, 1.165) is 0 Å². The van der Waals surface area contributed by atoms with Crippen LogP contribution in [0.15, 0.2) is 12.2 Å². The van der Waals surface area contributed by atoms with E-state index in [9.17, 15) is 18.0 Å². The van der Waals surface area contributed by atoms with Crippen molar-refractivity contribution >= 4 is 17.7 Å². The highest BCUT2D eigenvalue weighted by atomic mass is 32.2. The molecule has 0 fully saturated rings. The topological polar surface area (TPSA) is 49.3 Å². The maximum atomic E-state index is 11.8. The number of aliphatic hydroxyl groups excluding tert-OH is 1. The first kappa shape index (κ1) is 14.4. The van der Waals surface area contributed by atoms with Gasteiger partial charge in [0.15, 0.2) is 0 Å². The van der Waals surface area contributed by atoms with E-state index in [1.807, 2.05) is 0 Å². The number of halogens is 3. The summed E-state index contributed by atoms with van der Waals surface area (Å²) >= 11 is 0.548. The first-order chi connectivity index (χ1) is 7.90. The number of rotatable bonds is 5. The van der Waals surface area contributed by atoms with Gasteiger partial charge < -0.3 is 10.4 Å². The monoisotopic (exact) mass is 269 g/mol. The molecule has 0 aliphatic heterocycles. The van der Waals surface area contributed by atoms with Crippen LogP contribution in [0.25, 0.3) is 0 Å². The molecule has 7 heteroatoms. The van der Waals surface area contributed by atoms with Gasteiger partial charge in [-0.1, -0.05) is 12.2 Å². The van der Waals surface area contributed by atoms with E-state index >= 15 is 0 Å². The Hall–Kier alpha value is -0.690. The lowest BCUT2D eigenvalue weighted by molar-refractivity contribution is -0.119. The molecule has 1 rings (SSSR count). The van der Waals surface area contributed by atoms with E-state index in [1.54, 1.807) is 12.2 Å². The first-order valence-electron chi connectivity index (χ1n) is 5.14. The van der Waals surface area contributed by atoms with Crippen LogP contribution in [0.1, 0.15) is 6.42 Å². The Bertz CT molecular complexity index is 294. The Morgan fingerprint density at radius 2 is 2.18 bits per heavy atom. The fraction of sp³-hybridized carbons (Fsp3) is 0.700. The van der Waals surface area contributed by atoms with E-state index in [-0.39, 0.29) is 24.3 Å². The third-order valence-electron chi connectivity index (χ3n) is 2.25. The average molecular weight is 269 g/mol. The summed E-state index contributed by atoms with van der Waals surface area (Å²) in [5.41, 5.74) is 0. The van der Waals surface area contributed by atoms with Gasteiger partial charge >= 0.3 is 6.18 Å². The molecule has 0 radical (unpaired) electrons. The third kappa shape index (κ3) is 5.97. The highest BCUT2D eigenvalue weighted by Crippen LogP contribution is 2.21. The largest absolute Gasteiger partial charge is 0.397 e. The van der Waals surface area contributed by atoms with Gasteiger partial charge in [0.1, 0.15) is 0 Å². The van der Waals surface area contributed by atoms with Crippen molar-refractivity contribution in [3.63, 3.8) is 0 Å². The molecule has 0 spiro atoms. The molecule has 0 saturated carbocycles. The number of amides is 1. The number of thioether (sulfide) groups is 1. The van der Waals surface area contributed by atoms with Gasteiger partial charge in [0, 0.05) is 18.6 Å². The molecule has 0 saturated heterocycles. The SMILES string of the molecule is O=C(CSCC(F)(F)F)N[C@@H]1C=C[C@H](CO)C1. The zero-order chi connectivity index (χ0) is 12.9. The number of aliphatic hydroxyl groups is 1. The molecule has 98 valence electrons. The fourth-order valence-corrected chi connectivity index (χ4v) is 2.13. The predicted molar refractivity (Wildman–Crippen MR) is 59.6 cm³/mol. The van der Waals surface area contributed by atoms with Crippen molar-refractivity contribution in [2.24, 2.45) is 5.92 Å². The summed E-state index contributed by atoms with van der Waals surface area (Å²) in [6, 6.07) is -0.175. The molecule has 17 heavy (non-hydrogen) atoms. The summed E-state index contributed by atoms with van der Waals surface area (Å²) < 4.78 is 35.4. The van der Waals surface area contributed by atoms with Crippen LogP contribution in [0.5, 0.6) is 0 Å². The van der Waals surface area contributed by atoms with Crippen molar-refractivity contribution < 1.29 is 23.1 Å². The Morgan fingerprint density at radius 3 is 2.71 bits per heavy atom. The number of hydrogen-bond acceptors (Lipinski definition) is 3. The molecule has 0 bridgehead atoms. The van der Waals surface area contributed by atoms with Crippen molar-refractivity contribution in [3.05, 3.63) is 12.2 Å². The quantitative estimate of drug-likeness (QED) is 0.740. The van der Waals surface area contributed by atoms with E-state index in [2.05, 4.69) is 5.32 Å². The molecule has 0 unspecified atom stereocenters. The van der Waals surface area contributed by atoms with E-state index in [1.165, 1.54) is 0 Å². The normalized spacial score (nSPS) is 24.0. The molecular weight excluding hydrogens is 255 g/mol. The maximum absolute atomic E-state index is 11.8. The minimum Gasteiger partial charge on any atom is -0.396 e. The molecule has 3 nitrogen and oxygen atoms in total. The van der Waals surface area contributed by atoms with Gasteiger partial charge in [0.2, 0.25) is 5.91 Å². The molecule has 1 amide bonds. The Labute approximate surface area is 101 Å². The summed E-state index contributed by atoms with van der Waals surface area (Å²) in [6.07, 6.45) is -0.0760. The predicted octanol–water partition coefficient (Wildman–Crippen LogP) is 1.34. The maximum Gasteiger partial charge on any atom is 0.397 e. The van der Waals surface area contributed by atoms with Crippen LogP contribution in [-0.2, 0) is 4.79 Å². The van der Waals surface area contributed by atoms with Gasteiger partial charge in [-0.2, -0.15) is 13.2 Å². The lowest BCUT2D eigenvalue weighted by atomic mass is 10.1. The summed E-state index contributed by atoms with van der Waals surface area (Å²) in [4.78, 5) is 11.3. The second kappa shape index (κ2) is 6.30. The van der Waals surface area contributed by atoms with Crippen molar-refractivity contribution in [2.75, 3.05) is 18.1 Å². The zero-order valence-corrected chi connectivity index (χ0v) is 9.85. The third-order valence-corrected chi connectivity index (χ3v) is 3.25. The first-order valence-corrected chi connectivity index (χ1v) is 6.29. The highest BCUT2D eigenvalue weighted by molar-refractivity contribution is 8.00. The van der Waals surface area contributed by atoms with Crippen LogP contribution in [-0.4, -0.2) is 41.3 Å². The van der Waals surface area contributed by atoms with Crippen molar-refractivity contribution in [2.45, 2.75) is 18.6 Å². The van der Waals surface area contributed by atoms with Crippen molar-refractivity contribution in [3.8, 4) is 0 Å². The van der Waals surface area contributed by atoms with Gasteiger partial charge in [-0.25, -0.2) is 0 Å². The highest BCUT2D eigenvalue weighted by Gasteiger charge is 2.27. The van der Waals surface area contributed by atoms with E-state index in [4.69, 9.17) is 5.11 Å². The second-order valence-corrected chi connectivity index (χ2v) is 4.83. The smallest absolute Gasteiger partial charge is 0.396 e. The van der Waals surface area contributed by atoms with Crippen LogP contribution in [0, 0.1) is 5.92 Å². The Kier molecular flexibility index (Phi) is 5.32. The molecule has 1 aliphatic carbocycles.